The van der Waals surface area contributed by atoms with E-state index in [9.17, 15) is 9.59 Å². The minimum atomic E-state index is -0.119. The van der Waals surface area contributed by atoms with E-state index < -0.39 is 0 Å². The van der Waals surface area contributed by atoms with Crippen molar-refractivity contribution >= 4 is 23.2 Å². The minimum Gasteiger partial charge on any atom is -0.385 e. The number of anilines is 2. The topological polar surface area (TPSA) is 73.9 Å². The van der Waals surface area contributed by atoms with Crippen LogP contribution >= 0.6 is 0 Å². The summed E-state index contributed by atoms with van der Waals surface area (Å²) in [5.74, 6) is -0.119. The van der Waals surface area contributed by atoms with Crippen molar-refractivity contribution in [2.45, 2.75) is 52.0 Å². The Morgan fingerprint density at radius 3 is 2.44 bits per heavy atom. The number of hydrogen-bond donors (Lipinski definition) is 2. The van der Waals surface area contributed by atoms with Gasteiger partial charge in [0.2, 0.25) is 5.91 Å². The number of benzene rings is 2. The summed E-state index contributed by atoms with van der Waals surface area (Å²) in [7, 11) is 1.66. The first-order valence-electron chi connectivity index (χ1n) is 13.3. The predicted molar refractivity (Wildman–Crippen MR) is 147 cm³/mol. The number of methoxy groups -OCH3 is 1. The van der Waals surface area contributed by atoms with Gasteiger partial charge in [0.15, 0.2) is 0 Å². The zero-order chi connectivity index (χ0) is 25.6. The van der Waals surface area contributed by atoms with Crippen LogP contribution in [-0.2, 0) is 16.1 Å². The molecule has 1 heterocycles. The molecule has 0 aliphatic carbocycles. The molecule has 0 spiro atoms. The third-order valence-electron chi connectivity index (χ3n) is 6.56. The Hall–Kier alpha value is -2.90. The SMILES string of the molecule is CCCCCCC(=O)Nc1ccc(N2CCN(Cc3ccccc3)CC2)c(C(=O)NCCCOC)c1. The third kappa shape index (κ3) is 8.95. The van der Waals surface area contributed by atoms with Crippen molar-refractivity contribution in [3.8, 4) is 0 Å². The number of nitrogens with one attached hydrogen (secondary N) is 2. The molecule has 7 nitrogen and oxygen atoms in total. The normalized spacial score (nSPS) is 14.0. The lowest BCUT2D eigenvalue weighted by atomic mass is 10.1. The predicted octanol–water partition coefficient (Wildman–Crippen LogP) is 4.68. The highest BCUT2D eigenvalue weighted by Crippen LogP contribution is 2.26. The fraction of sp³-hybridized carbons (Fsp3) is 0.517. The van der Waals surface area contributed by atoms with Gasteiger partial charge in [-0.2, -0.15) is 0 Å². The second-order valence-corrected chi connectivity index (χ2v) is 9.44. The van der Waals surface area contributed by atoms with Crippen LogP contribution in [0.5, 0.6) is 0 Å². The molecule has 0 unspecified atom stereocenters. The van der Waals surface area contributed by atoms with Gasteiger partial charge < -0.3 is 20.3 Å². The number of carbonyl (C=O) groups excluding carboxylic acids is 2. The van der Waals surface area contributed by atoms with Crippen molar-refractivity contribution in [1.29, 1.82) is 0 Å². The molecule has 2 aromatic carbocycles. The standard InChI is InChI=1S/C29H42N4O3/c1-3-4-5-9-13-28(34)31-25-14-15-27(26(22-25)29(35)30-16-10-21-36-2)33-19-17-32(18-20-33)23-24-11-7-6-8-12-24/h6-8,11-12,14-15,22H,3-5,9-10,13,16-21,23H2,1-2H3,(H,30,35)(H,31,34). The quantitative estimate of drug-likeness (QED) is 0.373. The van der Waals surface area contributed by atoms with Crippen molar-refractivity contribution in [3.05, 3.63) is 59.7 Å². The summed E-state index contributed by atoms with van der Waals surface area (Å²) in [6.07, 6.45) is 5.50. The van der Waals surface area contributed by atoms with Gasteiger partial charge in [-0.15, -0.1) is 0 Å². The highest BCUT2D eigenvalue weighted by atomic mass is 16.5. The van der Waals surface area contributed by atoms with Gasteiger partial charge in [-0.05, 0) is 36.6 Å². The van der Waals surface area contributed by atoms with E-state index in [1.807, 2.05) is 24.3 Å². The maximum absolute atomic E-state index is 13.2. The van der Waals surface area contributed by atoms with Crippen molar-refractivity contribution in [2.75, 3.05) is 56.7 Å². The Bertz CT molecular complexity index is 943. The maximum Gasteiger partial charge on any atom is 0.253 e. The molecule has 2 aromatic rings. The fourth-order valence-electron chi connectivity index (χ4n) is 4.51. The zero-order valence-electron chi connectivity index (χ0n) is 21.9. The van der Waals surface area contributed by atoms with E-state index in [-0.39, 0.29) is 11.8 Å². The summed E-state index contributed by atoms with van der Waals surface area (Å²) in [6, 6.07) is 16.2. The van der Waals surface area contributed by atoms with Gasteiger partial charge in [0.1, 0.15) is 0 Å². The lowest BCUT2D eigenvalue weighted by Gasteiger charge is -2.37. The lowest BCUT2D eigenvalue weighted by molar-refractivity contribution is -0.116. The third-order valence-corrected chi connectivity index (χ3v) is 6.56. The molecule has 0 radical (unpaired) electrons. The van der Waals surface area contributed by atoms with Crippen LogP contribution in [0.1, 0.15) is 61.4 Å². The molecular weight excluding hydrogens is 452 g/mol. The number of ether oxygens (including phenoxy) is 1. The number of hydrogen-bond acceptors (Lipinski definition) is 5. The van der Waals surface area contributed by atoms with Crippen LogP contribution in [-0.4, -0.2) is 63.2 Å². The van der Waals surface area contributed by atoms with Gasteiger partial charge in [-0.3, -0.25) is 14.5 Å². The minimum absolute atomic E-state index is 0.000155. The van der Waals surface area contributed by atoms with Crippen molar-refractivity contribution in [1.82, 2.24) is 10.2 Å². The Morgan fingerprint density at radius 2 is 1.72 bits per heavy atom. The van der Waals surface area contributed by atoms with E-state index in [0.29, 0.717) is 30.8 Å². The van der Waals surface area contributed by atoms with Gasteiger partial charge in [0.25, 0.3) is 5.91 Å². The van der Waals surface area contributed by atoms with Crippen LogP contribution < -0.4 is 15.5 Å². The van der Waals surface area contributed by atoms with Crippen molar-refractivity contribution < 1.29 is 14.3 Å². The molecule has 1 fully saturated rings. The number of carbonyl (C=O) groups is 2. The smallest absolute Gasteiger partial charge is 0.253 e. The number of nitrogens with zero attached hydrogens (tertiary/aromatic N) is 2. The van der Waals surface area contributed by atoms with Crippen LogP contribution in [0.15, 0.2) is 48.5 Å². The summed E-state index contributed by atoms with van der Waals surface area (Å²) < 4.78 is 5.10. The van der Waals surface area contributed by atoms with Crippen molar-refractivity contribution in [3.63, 3.8) is 0 Å². The van der Waals surface area contributed by atoms with E-state index in [0.717, 1.165) is 70.5 Å². The zero-order valence-corrected chi connectivity index (χ0v) is 21.9. The van der Waals surface area contributed by atoms with Gasteiger partial charge >= 0.3 is 0 Å². The highest BCUT2D eigenvalue weighted by Gasteiger charge is 2.22. The average Bonchev–Trinajstić information content (AvgIpc) is 2.90. The molecular formula is C29H42N4O3. The van der Waals surface area contributed by atoms with Crippen LogP contribution in [0.3, 0.4) is 0 Å². The van der Waals surface area contributed by atoms with E-state index in [2.05, 4.69) is 51.6 Å². The Balaban J connectivity index is 1.66. The monoisotopic (exact) mass is 494 g/mol. The van der Waals surface area contributed by atoms with E-state index in [4.69, 9.17) is 4.74 Å². The number of rotatable bonds is 14. The van der Waals surface area contributed by atoms with Gasteiger partial charge in [-0.25, -0.2) is 0 Å². The first kappa shape index (κ1) is 27.7. The van der Waals surface area contributed by atoms with Gasteiger partial charge in [0, 0.05) is 70.8 Å². The lowest BCUT2D eigenvalue weighted by Crippen LogP contribution is -2.46. The molecule has 0 atom stereocenters. The molecule has 3 rings (SSSR count). The molecule has 1 aliphatic heterocycles. The Labute approximate surface area is 216 Å². The number of piperazine rings is 1. The van der Waals surface area contributed by atoms with Gasteiger partial charge in [-0.1, -0.05) is 56.5 Å². The molecule has 36 heavy (non-hydrogen) atoms. The second kappa shape index (κ2) is 15.3. The van der Waals surface area contributed by atoms with Gasteiger partial charge in [0.05, 0.1) is 5.56 Å². The molecule has 0 bridgehead atoms. The number of unbranched alkanes of at least 4 members (excludes halogenated alkanes) is 3. The van der Waals surface area contributed by atoms with E-state index in [1.165, 1.54) is 5.56 Å². The first-order valence-corrected chi connectivity index (χ1v) is 13.3. The molecule has 0 saturated carbocycles. The molecule has 2 N–H and O–H groups in total. The Morgan fingerprint density at radius 1 is 0.944 bits per heavy atom. The summed E-state index contributed by atoms with van der Waals surface area (Å²) >= 11 is 0. The van der Waals surface area contributed by atoms with Crippen LogP contribution in [0, 0.1) is 0 Å². The molecule has 1 saturated heterocycles. The first-order chi connectivity index (χ1) is 17.6. The van der Waals surface area contributed by atoms with Crippen LogP contribution in [0.2, 0.25) is 0 Å². The molecule has 7 heteroatoms. The molecule has 2 amide bonds. The summed E-state index contributed by atoms with van der Waals surface area (Å²) in [5.41, 5.74) is 3.51. The molecule has 0 aromatic heterocycles. The summed E-state index contributed by atoms with van der Waals surface area (Å²) in [4.78, 5) is 30.3. The largest absolute Gasteiger partial charge is 0.385 e. The fourth-order valence-corrected chi connectivity index (χ4v) is 4.51. The van der Waals surface area contributed by atoms with Crippen LogP contribution in [0.25, 0.3) is 0 Å². The van der Waals surface area contributed by atoms with Crippen LogP contribution in [0.4, 0.5) is 11.4 Å². The summed E-state index contributed by atoms with van der Waals surface area (Å²) in [6.45, 7) is 7.80. The summed E-state index contributed by atoms with van der Waals surface area (Å²) in [5, 5.41) is 6.00. The maximum atomic E-state index is 13.2. The Kier molecular flexibility index (Phi) is 11.7. The van der Waals surface area contributed by atoms with Crippen molar-refractivity contribution in [2.24, 2.45) is 0 Å². The highest BCUT2D eigenvalue weighted by molar-refractivity contribution is 6.02. The number of amides is 2. The molecule has 196 valence electrons. The molecule has 1 aliphatic rings. The second-order valence-electron chi connectivity index (χ2n) is 9.44. The van der Waals surface area contributed by atoms with E-state index >= 15 is 0 Å². The van der Waals surface area contributed by atoms with E-state index in [1.54, 1.807) is 7.11 Å². The average molecular weight is 495 g/mol.